The number of ether oxygens (including phenoxy) is 1. The molecular weight excluding hydrogens is 264 g/mol. The zero-order chi connectivity index (χ0) is 14.5. The van der Waals surface area contributed by atoms with E-state index in [2.05, 4.69) is 0 Å². The van der Waals surface area contributed by atoms with Gasteiger partial charge in [0, 0.05) is 18.2 Å². The Bertz CT molecular complexity index is 532. The van der Waals surface area contributed by atoms with Crippen molar-refractivity contribution in [1.82, 2.24) is 0 Å². The van der Waals surface area contributed by atoms with Gasteiger partial charge in [0.2, 0.25) is 0 Å². The fraction of sp³-hybridized carbons (Fsp3) is 0.500. The van der Waals surface area contributed by atoms with Crippen LogP contribution in [-0.4, -0.2) is 32.3 Å². The molecule has 0 amide bonds. The Balaban J connectivity index is 2.62. The summed E-state index contributed by atoms with van der Waals surface area (Å²) in [6.45, 7) is 3.83. The molecule has 1 aromatic carbocycles. The van der Waals surface area contributed by atoms with E-state index in [1.54, 1.807) is 24.3 Å². The maximum atomic E-state index is 11.9. The van der Waals surface area contributed by atoms with Crippen molar-refractivity contribution in [3.63, 3.8) is 0 Å². The summed E-state index contributed by atoms with van der Waals surface area (Å²) in [5.74, 6) is 0.641. The molecule has 0 aliphatic rings. The molecule has 0 aromatic heterocycles. The molecular formula is C14H20O4S. The fourth-order valence-corrected chi connectivity index (χ4v) is 2.32. The molecule has 1 aromatic rings. The van der Waals surface area contributed by atoms with E-state index in [9.17, 15) is 13.2 Å². The van der Waals surface area contributed by atoms with Crippen molar-refractivity contribution in [2.24, 2.45) is 0 Å². The molecule has 106 valence electrons. The number of carbonyl (C=O) groups excluding carboxylic acids is 1. The van der Waals surface area contributed by atoms with E-state index in [-0.39, 0.29) is 24.1 Å². The SMILES string of the molecule is CC(C)Oc1cccc(C(=O)CCCS(C)(=O)=O)c1. The second-order valence-corrected chi connectivity index (χ2v) is 7.11. The molecule has 5 heteroatoms. The van der Waals surface area contributed by atoms with E-state index >= 15 is 0 Å². The van der Waals surface area contributed by atoms with Gasteiger partial charge in [0.1, 0.15) is 15.6 Å². The third-order valence-electron chi connectivity index (χ3n) is 2.45. The molecule has 0 aliphatic carbocycles. The second kappa shape index (κ2) is 6.70. The topological polar surface area (TPSA) is 60.4 Å². The predicted octanol–water partition coefficient (Wildman–Crippen LogP) is 2.48. The summed E-state index contributed by atoms with van der Waals surface area (Å²) in [6, 6.07) is 6.98. The zero-order valence-electron chi connectivity index (χ0n) is 11.5. The van der Waals surface area contributed by atoms with Crippen molar-refractivity contribution < 1.29 is 17.9 Å². The second-order valence-electron chi connectivity index (χ2n) is 4.85. The molecule has 0 bridgehead atoms. The van der Waals surface area contributed by atoms with Crippen molar-refractivity contribution in [1.29, 1.82) is 0 Å². The first-order valence-electron chi connectivity index (χ1n) is 6.25. The first-order chi connectivity index (χ1) is 8.78. The monoisotopic (exact) mass is 284 g/mol. The van der Waals surface area contributed by atoms with Crippen LogP contribution in [0.25, 0.3) is 0 Å². The van der Waals surface area contributed by atoms with Gasteiger partial charge < -0.3 is 4.74 Å². The van der Waals surface area contributed by atoms with Crippen LogP contribution < -0.4 is 4.74 Å². The summed E-state index contributed by atoms with van der Waals surface area (Å²) >= 11 is 0. The van der Waals surface area contributed by atoms with Crippen molar-refractivity contribution in [3.05, 3.63) is 29.8 Å². The van der Waals surface area contributed by atoms with Crippen LogP contribution in [0.15, 0.2) is 24.3 Å². The van der Waals surface area contributed by atoms with E-state index in [1.807, 2.05) is 13.8 Å². The van der Waals surface area contributed by atoms with Crippen molar-refractivity contribution in [2.45, 2.75) is 32.8 Å². The lowest BCUT2D eigenvalue weighted by atomic mass is 10.1. The summed E-state index contributed by atoms with van der Waals surface area (Å²) in [4.78, 5) is 11.9. The smallest absolute Gasteiger partial charge is 0.163 e. The Morgan fingerprint density at radius 3 is 2.58 bits per heavy atom. The summed E-state index contributed by atoms with van der Waals surface area (Å²) < 4.78 is 27.5. The maximum absolute atomic E-state index is 11.9. The van der Waals surface area contributed by atoms with Gasteiger partial charge in [0.15, 0.2) is 5.78 Å². The van der Waals surface area contributed by atoms with Gasteiger partial charge in [-0.15, -0.1) is 0 Å². The Morgan fingerprint density at radius 2 is 2.00 bits per heavy atom. The van der Waals surface area contributed by atoms with E-state index in [4.69, 9.17) is 4.74 Å². The summed E-state index contributed by atoms with van der Waals surface area (Å²) in [5.41, 5.74) is 0.562. The molecule has 0 saturated heterocycles. The molecule has 0 saturated carbocycles. The lowest BCUT2D eigenvalue weighted by Crippen LogP contribution is -2.08. The summed E-state index contributed by atoms with van der Waals surface area (Å²) in [7, 11) is -3.00. The third kappa shape index (κ3) is 6.38. The molecule has 0 N–H and O–H groups in total. The van der Waals surface area contributed by atoms with E-state index in [1.165, 1.54) is 6.26 Å². The van der Waals surface area contributed by atoms with Crippen LogP contribution in [0.1, 0.15) is 37.0 Å². The van der Waals surface area contributed by atoms with Crippen molar-refractivity contribution in [2.75, 3.05) is 12.0 Å². The van der Waals surface area contributed by atoms with Crippen LogP contribution in [0.3, 0.4) is 0 Å². The standard InChI is InChI=1S/C14H20O4S/c1-11(2)18-13-7-4-6-12(10-13)14(15)8-5-9-19(3,16)17/h4,6-7,10-11H,5,8-9H2,1-3H3. The highest BCUT2D eigenvalue weighted by Gasteiger charge is 2.09. The van der Waals surface area contributed by atoms with E-state index < -0.39 is 9.84 Å². The fourth-order valence-electron chi connectivity index (χ4n) is 1.65. The quantitative estimate of drug-likeness (QED) is 0.722. The molecule has 0 aliphatic heterocycles. The number of hydrogen-bond donors (Lipinski definition) is 0. The normalized spacial score (nSPS) is 11.6. The molecule has 4 nitrogen and oxygen atoms in total. The van der Waals surface area contributed by atoms with Gasteiger partial charge in [-0.1, -0.05) is 12.1 Å². The number of Topliss-reactive ketones (excluding diaryl/α,β-unsaturated/α-hetero) is 1. The number of carbonyl (C=O) groups is 1. The Kier molecular flexibility index (Phi) is 5.54. The van der Waals surface area contributed by atoms with Gasteiger partial charge >= 0.3 is 0 Å². The van der Waals surface area contributed by atoms with Gasteiger partial charge in [-0.25, -0.2) is 8.42 Å². The third-order valence-corrected chi connectivity index (χ3v) is 3.48. The van der Waals surface area contributed by atoms with Gasteiger partial charge in [-0.05, 0) is 32.4 Å². The Labute approximate surface area is 114 Å². The Hall–Kier alpha value is -1.36. The average molecular weight is 284 g/mol. The molecule has 0 spiro atoms. The molecule has 0 heterocycles. The molecule has 0 radical (unpaired) electrons. The number of ketones is 1. The number of sulfone groups is 1. The highest BCUT2D eigenvalue weighted by Crippen LogP contribution is 2.16. The maximum Gasteiger partial charge on any atom is 0.163 e. The van der Waals surface area contributed by atoms with Gasteiger partial charge in [-0.2, -0.15) is 0 Å². The van der Waals surface area contributed by atoms with Crippen LogP contribution in [0, 0.1) is 0 Å². The number of rotatable bonds is 7. The largest absolute Gasteiger partial charge is 0.491 e. The highest BCUT2D eigenvalue weighted by atomic mass is 32.2. The van der Waals surface area contributed by atoms with Crippen molar-refractivity contribution >= 4 is 15.6 Å². The lowest BCUT2D eigenvalue weighted by Gasteiger charge is -2.10. The average Bonchev–Trinajstić information content (AvgIpc) is 2.26. The van der Waals surface area contributed by atoms with Crippen LogP contribution in [0.5, 0.6) is 5.75 Å². The first-order valence-corrected chi connectivity index (χ1v) is 8.31. The Morgan fingerprint density at radius 1 is 1.32 bits per heavy atom. The van der Waals surface area contributed by atoms with Crippen LogP contribution >= 0.6 is 0 Å². The van der Waals surface area contributed by atoms with Crippen LogP contribution in [0.2, 0.25) is 0 Å². The summed E-state index contributed by atoms with van der Waals surface area (Å²) in [6.07, 6.45) is 1.82. The first kappa shape index (κ1) is 15.7. The molecule has 19 heavy (non-hydrogen) atoms. The number of hydrogen-bond acceptors (Lipinski definition) is 4. The predicted molar refractivity (Wildman–Crippen MR) is 75.5 cm³/mol. The minimum Gasteiger partial charge on any atom is -0.491 e. The molecule has 0 atom stereocenters. The number of benzene rings is 1. The van der Waals surface area contributed by atoms with Crippen LogP contribution in [0.4, 0.5) is 0 Å². The summed E-state index contributed by atoms with van der Waals surface area (Å²) in [5, 5.41) is 0. The zero-order valence-corrected chi connectivity index (χ0v) is 12.4. The minimum atomic E-state index is -3.00. The minimum absolute atomic E-state index is 0.0426. The molecule has 1 rings (SSSR count). The van der Waals surface area contributed by atoms with Gasteiger partial charge in [0.25, 0.3) is 0 Å². The van der Waals surface area contributed by atoms with Gasteiger partial charge in [0.05, 0.1) is 11.9 Å². The molecule has 0 unspecified atom stereocenters. The van der Waals surface area contributed by atoms with Gasteiger partial charge in [-0.3, -0.25) is 4.79 Å². The molecule has 0 fully saturated rings. The highest BCUT2D eigenvalue weighted by molar-refractivity contribution is 7.90. The van der Waals surface area contributed by atoms with E-state index in [0.717, 1.165) is 0 Å². The van der Waals surface area contributed by atoms with Crippen LogP contribution in [-0.2, 0) is 9.84 Å². The lowest BCUT2D eigenvalue weighted by molar-refractivity contribution is 0.0981. The van der Waals surface area contributed by atoms with E-state index in [0.29, 0.717) is 17.7 Å². The van der Waals surface area contributed by atoms with Crippen molar-refractivity contribution in [3.8, 4) is 5.75 Å².